The molecule has 0 saturated heterocycles. The molecule has 17 heavy (non-hydrogen) atoms. The molecule has 0 heterocycles. The summed E-state index contributed by atoms with van der Waals surface area (Å²) in [6, 6.07) is 7.93. The Labute approximate surface area is 103 Å². The lowest BCUT2D eigenvalue weighted by Gasteiger charge is -2.13. The molecular formula is C13H19NO2S. The van der Waals surface area contributed by atoms with Crippen molar-refractivity contribution < 1.29 is 8.42 Å². The van der Waals surface area contributed by atoms with Gasteiger partial charge in [0.25, 0.3) is 0 Å². The van der Waals surface area contributed by atoms with Crippen molar-refractivity contribution in [1.29, 1.82) is 0 Å². The maximum Gasteiger partial charge on any atom is 0.175 e. The van der Waals surface area contributed by atoms with Crippen molar-refractivity contribution in [2.24, 2.45) is 0 Å². The molecule has 94 valence electrons. The van der Waals surface area contributed by atoms with Gasteiger partial charge in [0.15, 0.2) is 9.84 Å². The zero-order valence-corrected chi connectivity index (χ0v) is 11.1. The van der Waals surface area contributed by atoms with Crippen LogP contribution in [-0.2, 0) is 9.84 Å². The first-order valence-electron chi connectivity index (χ1n) is 6.00. The highest BCUT2D eigenvalue weighted by Gasteiger charge is 2.21. The number of benzene rings is 1. The maximum atomic E-state index is 11.3. The van der Waals surface area contributed by atoms with E-state index in [1.54, 1.807) is 12.1 Å². The van der Waals surface area contributed by atoms with Gasteiger partial charge >= 0.3 is 0 Å². The summed E-state index contributed by atoms with van der Waals surface area (Å²) in [6.45, 7) is 3.12. The van der Waals surface area contributed by atoms with Gasteiger partial charge in [-0.2, -0.15) is 0 Å². The monoisotopic (exact) mass is 253 g/mol. The van der Waals surface area contributed by atoms with Crippen molar-refractivity contribution in [2.75, 3.05) is 12.8 Å². The van der Waals surface area contributed by atoms with Gasteiger partial charge in [-0.05, 0) is 36.5 Å². The van der Waals surface area contributed by atoms with Crippen LogP contribution in [0, 0.1) is 0 Å². The van der Waals surface area contributed by atoms with Crippen LogP contribution in [-0.4, -0.2) is 27.3 Å². The molecule has 4 heteroatoms. The number of hydrogen-bond acceptors (Lipinski definition) is 3. The summed E-state index contributed by atoms with van der Waals surface area (Å²) >= 11 is 0. The van der Waals surface area contributed by atoms with Gasteiger partial charge in [0.1, 0.15) is 0 Å². The van der Waals surface area contributed by atoms with E-state index in [0.29, 0.717) is 16.9 Å². The number of rotatable bonds is 5. The van der Waals surface area contributed by atoms with Crippen LogP contribution < -0.4 is 5.32 Å². The summed E-state index contributed by atoms with van der Waals surface area (Å²) in [5.74, 6) is 0.421. The minimum atomic E-state index is -3.08. The van der Waals surface area contributed by atoms with Crippen molar-refractivity contribution in [3.8, 4) is 0 Å². The van der Waals surface area contributed by atoms with Crippen molar-refractivity contribution >= 4 is 9.84 Å². The Hall–Kier alpha value is -0.870. The second-order valence-electron chi connectivity index (χ2n) is 4.92. The van der Waals surface area contributed by atoms with Gasteiger partial charge in [0.05, 0.1) is 4.90 Å². The Morgan fingerprint density at radius 2 is 1.88 bits per heavy atom. The fourth-order valence-electron chi connectivity index (χ4n) is 1.79. The van der Waals surface area contributed by atoms with Crippen LogP contribution in [0.4, 0.5) is 0 Å². The van der Waals surface area contributed by atoms with Crippen molar-refractivity contribution in [3.05, 3.63) is 29.8 Å². The third-order valence-electron chi connectivity index (χ3n) is 3.17. The third kappa shape index (κ3) is 3.54. The summed E-state index contributed by atoms with van der Waals surface area (Å²) < 4.78 is 22.6. The van der Waals surface area contributed by atoms with E-state index < -0.39 is 9.84 Å². The molecule has 0 bridgehead atoms. The molecular weight excluding hydrogens is 234 g/mol. The molecule has 1 unspecified atom stereocenters. The number of nitrogens with one attached hydrogen (secondary N) is 1. The van der Waals surface area contributed by atoms with Crippen molar-refractivity contribution in [2.45, 2.75) is 36.6 Å². The Morgan fingerprint density at radius 3 is 2.35 bits per heavy atom. The lowest BCUT2D eigenvalue weighted by molar-refractivity contribution is 0.601. The van der Waals surface area contributed by atoms with Gasteiger partial charge in [-0.25, -0.2) is 8.42 Å². The van der Waals surface area contributed by atoms with Crippen LogP contribution in [0.25, 0.3) is 0 Å². The zero-order chi connectivity index (χ0) is 12.5. The second kappa shape index (κ2) is 4.78. The fraction of sp³-hybridized carbons (Fsp3) is 0.538. The molecule has 0 aliphatic heterocycles. The van der Waals surface area contributed by atoms with Gasteiger partial charge in [-0.1, -0.05) is 19.1 Å². The number of hydrogen-bond donors (Lipinski definition) is 1. The second-order valence-corrected chi connectivity index (χ2v) is 6.94. The summed E-state index contributed by atoms with van der Waals surface area (Å²) in [7, 11) is -3.08. The average molecular weight is 253 g/mol. The van der Waals surface area contributed by atoms with Crippen LogP contribution >= 0.6 is 0 Å². The molecule has 1 N–H and O–H groups in total. The van der Waals surface area contributed by atoms with Crippen LogP contribution in [0.3, 0.4) is 0 Å². The van der Waals surface area contributed by atoms with E-state index in [9.17, 15) is 8.42 Å². The fourth-order valence-corrected chi connectivity index (χ4v) is 2.42. The highest BCUT2D eigenvalue weighted by Crippen LogP contribution is 2.21. The summed E-state index contributed by atoms with van der Waals surface area (Å²) in [6.07, 6.45) is 3.82. The van der Waals surface area contributed by atoms with E-state index in [1.165, 1.54) is 24.7 Å². The van der Waals surface area contributed by atoms with E-state index in [2.05, 4.69) is 12.2 Å². The molecule has 1 aliphatic carbocycles. The maximum absolute atomic E-state index is 11.3. The Morgan fingerprint density at radius 1 is 1.29 bits per heavy atom. The largest absolute Gasteiger partial charge is 0.313 e. The van der Waals surface area contributed by atoms with Crippen LogP contribution in [0.15, 0.2) is 29.2 Å². The topological polar surface area (TPSA) is 46.2 Å². The molecule has 0 aromatic heterocycles. The van der Waals surface area contributed by atoms with E-state index >= 15 is 0 Å². The van der Waals surface area contributed by atoms with Crippen LogP contribution in [0.2, 0.25) is 0 Å². The zero-order valence-electron chi connectivity index (χ0n) is 10.3. The number of sulfone groups is 1. The first-order chi connectivity index (χ1) is 7.97. The Balaban J connectivity index is 2.00. The smallest absolute Gasteiger partial charge is 0.175 e. The van der Waals surface area contributed by atoms with Crippen LogP contribution in [0.1, 0.15) is 31.2 Å². The molecule has 2 rings (SSSR count). The predicted octanol–water partition coefficient (Wildman–Crippen LogP) is 1.95. The third-order valence-corrected chi connectivity index (χ3v) is 4.30. The Kier molecular flexibility index (Phi) is 3.54. The molecule has 1 aliphatic rings. The molecule has 1 aromatic carbocycles. The molecule has 0 spiro atoms. The summed E-state index contributed by atoms with van der Waals surface area (Å²) in [5, 5.41) is 3.48. The SMILES string of the molecule is CC(CNC1CC1)c1ccc(S(C)(=O)=O)cc1. The highest BCUT2D eigenvalue weighted by atomic mass is 32.2. The summed E-state index contributed by atoms with van der Waals surface area (Å²) in [5.41, 5.74) is 1.19. The standard InChI is InChI=1S/C13H19NO2S/c1-10(9-14-12-5-6-12)11-3-7-13(8-4-11)17(2,15)16/h3-4,7-8,10,12,14H,5-6,9H2,1-2H3. The lowest BCUT2D eigenvalue weighted by atomic mass is 10.0. The van der Waals surface area contributed by atoms with E-state index in [-0.39, 0.29) is 0 Å². The van der Waals surface area contributed by atoms with Gasteiger partial charge in [-0.15, -0.1) is 0 Å². The van der Waals surface area contributed by atoms with Gasteiger partial charge in [0, 0.05) is 18.8 Å². The minimum Gasteiger partial charge on any atom is -0.313 e. The van der Waals surface area contributed by atoms with Crippen molar-refractivity contribution in [3.63, 3.8) is 0 Å². The van der Waals surface area contributed by atoms with Gasteiger partial charge < -0.3 is 5.32 Å². The highest BCUT2D eigenvalue weighted by molar-refractivity contribution is 7.90. The summed E-state index contributed by atoms with van der Waals surface area (Å²) in [4.78, 5) is 0.392. The predicted molar refractivity (Wildman–Crippen MR) is 69.0 cm³/mol. The Bertz CT molecular complexity index is 475. The van der Waals surface area contributed by atoms with Crippen LogP contribution in [0.5, 0.6) is 0 Å². The molecule has 0 radical (unpaired) electrons. The normalized spacial score (nSPS) is 18.0. The molecule has 0 amide bonds. The van der Waals surface area contributed by atoms with Gasteiger partial charge in [-0.3, -0.25) is 0 Å². The molecule has 3 nitrogen and oxygen atoms in total. The van der Waals surface area contributed by atoms with Crippen molar-refractivity contribution in [1.82, 2.24) is 5.32 Å². The van der Waals surface area contributed by atoms with E-state index in [0.717, 1.165) is 6.54 Å². The quantitative estimate of drug-likeness (QED) is 0.872. The van der Waals surface area contributed by atoms with Gasteiger partial charge in [0.2, 0.25) is 0 Å². The first kappa shape index (κ1) is 12.6. The lowest BCUT2D eigenvalue weighted by Crippen LogP contribution is -2.22. The first-order valence-corrected chi connectivity index (χ1v) is 7.89. The molecule has 1 atom stereocenters. The van der Waals surface area contributed by atoms with E-state index in [4.69, 9.17) is 0 Å². The van der Waals surface area contributed by atoms with E-state index in [1.807, 2.05) is 12.1 Å². The molecule has 1 aromatic rings. The molecule has 1 fully saturated rings. The molecule has 1 saturated carbocycles. The minimum absolute atomic E-state index is 0.392. The average Bonchev–Trinajstić information content (AvgIpc) is 3.09.